The van der Waals surface area contributed by atoms with Gasteiger partial charge in [0.25, 0.3) is 0 Å². The number of hydrogen-bond donors (Lipinski definition) is 3. The van der Waals surface area contributed by atoms with Crippen LogP contribution in [-0.2, 0) is 13.0 Å². The second-order valence-corrected chi connectivity index (χ2v) is 10.2. The van der Waals surface area contributed by atoms with Crippen LogP contribution >= 0.6 is 11.9 Å². The molecule has 5 N–H and O–H groups in total. The molecule has 1 aliphatic rings. The first-order valence-electron chi connectivity index (χ1n) is 12.9. The molecule has 0 aliphatic carbocycles. The molecule has 8 nitrogen and oxygen atoms in total. The average molecular weight is 551 g/mol. The van der Waals surface area contributed by atoms with Crippen LogP contribution in [0.25, 0.3) is 11.0 Å². The predicted molar refractivity (Wildman–Crippen MR) is 158 cm³/mol. The van der Waals surface area contributed by atoms with E-state index in [1.165, 1.54) is 29.6 Å². The number of carbonyl (C=O) groups is 1. The highest BCUT2D eigenvalue weighted by molar-refractivity contribution is 7.97. The van der Waals surface area contributed by atoms with Gasteiger partial charge in [-0.25, -0.2) is 14.2 Å². The topological polar surface area (TPSA) is 106 Å². The molecule has 4 aromatic rings. The fraction of sp³-hybridized carbons (Fsp3) is 0.310. The molecule has 1 aliphatic heterocycles. The van der Waals surface area contributed by atoms with Crippen LogP contribution in [0.1, 0.15) is 24.0 Å². The average Bonchev–Trinajstić information content (AvgIpc) is 3.27. The van der Waals surface area contributed by atoms with E-state index in [1.54, 1.807) is 0 Å². The van der Waals surface area contributed by atoms with Crippen LogP contribution in [0.3, 0.4) is 0 Å². The van der Waals surface area contributed by atoms with Crippen LogP contribution < -0.4 is 15.4 Å². The lowest BCUT2D eigenvalue weighted by Gasteiger charge is -2.32. The number of fused-ring (bicyclic) bond motifs is 1. The van der Waals surface area contributed by atoms with Gasteiger partial charge in [0.1, 0.15) is 5.82 Å². The molecule has 1 saturated heterocycles. The van der Waals surface area contributed by atoms with Crippen molar-refractivity contribution in [1.82, 2.24) is 19.2 Å². The van der Waals surface area contributed by atoms with Crippen molar-refractivity contribution in [1.29, 1.82) is 0 Å². The lowest BCUT2D eigenvalue weighted by Crippen LogP contribution is -2.40. The summed E-state index contributed by atoms with van der Waals surface area (Å²) in [7, 11) is 0. The van der Waals surface area contributed by atoms with Crippen LogP contribution in [0.4, 0.5) is 20.8 Å². The van der Waals surface area contributed by atoms with E-state index < -0.39 is 0 Å². The number of amides is 2. The van der Waals surface area contributed by atoms with Crippen molar-refractivity contribution in [3.05, 3.63) is 89.7 Å². The summed E-state index contributed by atoms with van der Waals surface area (Å²) in [6, 6.07) is 23.0. The van der Waals surface area contributed by atoms with Crippen LogP contribution in [0.15, 0.2) is 72.8 Å². The molecular formula is C29H35FN6O2S. The number of hydrogen-bond acceptors (Lipinski definition) is 5. The standard InChI is InChI=1S/C29H33FN6OS.H2O/c1-38-34-29(37)32-24-12-8-21(9-13-24)14-17-35-18-15-25(16-19-35)31-28-33-26-4-2-3-5-27(26)36(28)20-22-6-10-23(30)11-7-22;/h2-13,25H,14-20H2,1H3,(H,31,33)(H2,32,34,37);1H2. The normalized spacial score (nSPS) is 14.1. The number of imidazole rings is 1. The van der Waals surface area contributed by atoms with E-state index >= 15 is 0 Å². The maximum absolute atomic E-state index is 13.4. The molecule has 0 atom stereocenters. The zero-order valence-electron chi connectivity index (χ0n) is 22.0. The van der Waals surface area contributed by atoms with Gasteiger partial charge in [-0.2, -0.15) is 0 Å². The molecule has 2 amide bonds. The van der Waals surface area contributed by atoms with E-state index in [2.05, 4.69) is 43.0 Å². The number of nitrogens with one attached hydrogen (secondary N) is 3. The zero-order valence-corrected chi connectivity index (χ0v) is 22.8. The van der Waals surface area contributed by atoms with Crippen molar-refractivity contribution in [2.75, 3.05) is 36.5 Å². The Morgan fingerprint density at radius 3 is 2.41 bits per heavy atom. The number of rotatable bonds is 9. The van der Waals surface area contributed by atoms with Gasteiger partial charge >= 0.3 is 6.03 Å². The third kappa shape index (κ3) is 7.50. The highest BCUT2D eigenvalue weighted by Crippen LogP contribution is 2.24. The molecule has 39 heavy (non-hydrogen) atoms. The number of anilines is 2. The summed E-state index contributed by atoms with van der Waals surface area (Å²) in [5, 5.41) is 6.52. The molecule has 0 spiro atoms. The lowest BCUT2D eigenvalue weighted by atomic mass is 10.0. The van der Waals surface area contributed by atoms with Crippen molar-refractivity contribution < 1.29 is 14.7 Å². The van der Waals surface area contributed by atoms with Gasteiger partial charge in [0.15, 0.2) is 0 Å². The minimum atomic E-state index is -0.223. The molecule has 0 bridgehead atoms. The lowest BCUT2D eigenvalue weighted by molar-refractivity contribution is 0.221. The van der Waals surface area contributed by atoms with E-state index in [0.717, 1.165) is 67.1 Å². The van der Waals surface area contributed by atoms with Gasteiger partial charge in [-0.15, -0.1) is 0 Å². The first kappa shape index (κ1) is 28.4. The Morgan fingerprint density at radius 1 is 1.00 bits per heavy atom. The highest BCUT2D eigenvalue weighted by atomic mass is 32.2. The molecule has 0 radical (unpaired) electrons. The van der Waals surface area contributed by atoms with E-state index in [1.807, 2.05) is 48.7 Å². The molecule has 10 heteroatoms. The summed E-state index contributed by atoms with van der Waals surface area (Å²) >= 11 is 1.27. The van der Waals surface area contributed by atoms with Crippen molar-refractivity contribution in [2.24, 2.45) is 0 Å². The second-order valence-electron chi connectivity index (χ2n) is 9.60. The van der Waals surface area contributed by atoms with Gasteiger partial charge in [-0.1, -0.05) is 48.3 Å². The third-order valence-corrected chi connectivity index (χ3v) is 7.34. The molecule has 0 unspecified atom stereocenters. The summed E-state index contributed by atoms with van der Waals surface area (Å²) in [6.45, 7) is 3.71. The SMILES string of the molecule is CSNC(=O)Nc1ccc(CCN2CCC(Nc3nc4ccccc4n3Cc3ccc(F)cc3)CC2)cc1.O. The minimum Gasteiger partial charge on any atom is -0.412 e. The fourth-order valence-electron chi connectivity index (χ4n) is 4.89. The van der Waals surface area contributed by atoms with Gasteiger partial charge in [0, 0.05) is 37.6 Å². The van der Waals surface area contributed by atoms with E-state index in [-0.39, 0.29) is 17.3 Å². The second kappa shape index (κ2) is 13.5. The van der Waals surface area contributed by atoms with Crippen LogP contribution in [0.2, 0.25) is 0 Å². The van der Waals surface area contributed by atoms with Gasteiger partial charge in [0.05, 0.1) is 17.6 Å². The van der Waals surface area contributed by atoms with Crippen LogP contribution in [-0.4, -0.2) is 57.9 Å². The minimum absolute atomic E-state index is 0. The van der Waals surface area contributed by atoms with Crippen molar-refractivity contribution in [2.45, 2.75) is 31.8 Å². The summed E-state index contributed by atoms with van der Waals surface area (Å²) in [5.41, 5.74) is 5.12. The number of likely N-dealkylation sites (tertiary alicyclic amines) is 1. The maximum Gasteiger partial charge on any atom is 0.329 e. The molecule has 3 aromatic carbocycles. The number of carbonyl (C=O) groups excluding carboxylic acids is 1. The number of aromatic nitrogens is 2. The molecule has 2 heterocycles. The van der Waals surface area contributed by atoms with E-state index in [4.69, 9.17) is 4.98 Å². The molecule has 5 rings (SSSR count). The first-order chi connectivity index (χ1) is 18.6. The number of halogens is 1. The van der Waals surface area contributed by atoms with Gasteiger partial charge < -0.3 is 25.6 Å². The Hall–Kier alpha value is -3.60. The van der Waals surface area contributed by atoms with Gasteiger partial charge in [-0.3, -0.25) is 4.72 Å². The van der Waals surface area contributed by atoms with Crippen molar-refractivity contribution >= 4 is 40.6 Å². The van der Waals surface area contributed by atoms with Crippen LogP contribution in [0, 0.1) is 5.82 Å². The Labute approximate surface area is 232 Å². The number of benzene rings is 3. The fourth-order valence-corrected chi connectivity index (χ4v) is 5.13. The van der Waals surface area contributed by atoms with E-state index in [9.17, 15) is 9.18 Å². The Bertz CT molecular complexity index is 1350. The smallest absolute Gasteiger partial charge is 0.329 e. The first-order valence-corrected chi connectivity index (χ1v) is 14.2. The monoisotopic (exact) mass is 550 g/mol. The largest absolute Gasteiger partial charge is 0.412 e. The maximum atomic E-state index is 13.4. The Balaban J connectivity index is 0.00000353. The van der Waals surface area contributed by atoms with Gasteiger partial charge in [-0.05, 0) is 66.8 Å². The quantitative estimate of drug-likeness (QED) is 0.257. The Morgan fingerprint density at radius 2 is 1.69 bits per heavy atom. The molecule has 206 valence electrons. The number of piperidine rings is 1. The van der Waals surface area contributed by atoms with Crippen molar-refractivity contribution in [3.63, 3.8) is 0 Å². The number of urea groups is 1. The molecule has 1 fully saturated rings. The van der Waals surface area contributed by atoms with E-state index in [0.29, 0.717) is 12.6 Å². The molecule has 1 aromatic heterocycles. The highest BCUT2D eigenvalue weighted by Gasteiger charge is 2.21. The Kier molecular flexibility index (Phi) is 9.80. The summed E-state index contributed by atoms with van der Waals surface area (Å²) in [4.78, 5) is 19.1. The summed E-state index contributed by atoms with van der Waals surface area (Å²) in [5.74, 6) is 0.646. The number of para-hydroxylation sites is 2. The summed E-state index contributed by atoms with van der Waals surface area (Å²) in [6.07, 6.45) is 4.89. The third-order valence-electron chi connectivity index (χ3n) is 6.95. The molecular weight excluding hydrogens is 515 g/mol. The number of nitrogens with zero attached hydrogens (tertiary/aromatic N) is 3. The van der Waals surface area contributed by atoms with Gasteiger partial charge in [0.2, 0.25) is 5.95 Å². The molecule has 0 saturated carbocycles. The summed E-state index contributed by atoms with van der Waals surface area (Å²) < 4.78 is 18.3. The predicted octanol–water partition coefficient (Wildman–Crippen LogP) is 4.92. The van der Waals surface area contributed by atoms with Crippen LogP contribution in [0.5, 0.6) is 0 Å². The zero-order chi connectivity index (χ0) is 26.3. The van der Waals surface area contributed by atoms with Crippen molar-refractivity contribution in [3.8, 4) is 0 Å².